The van der Waals surface area contributed by atoms with E-state index in [2.05, 4.69) is 20.7 Å². The number of quaternary nitrogens is 1. The third kappa shape index (κ3) is 13.6. The van der Waals surface area contributed by atoms with Gasteiger partial charge in [0.1, 0.15) is 0 Å². The number of carboxylic acid groups (broad SMARTS) is 1. The molecule has 0 aliphatic heterocycles. The van der Waals surface area contributed by atoms with Crippen molar-refractivity contribution in [2.24, 2.45) is 0 Å². The highest BCUT2D eigenvalue weighted by Crippen LogP contribution is 2.10. The molecule has 0 amide bonds. The molecule has 1 N–H and O–H groups in total. The second-order valence-corrected chi connectivity index (χ2v) is 6.37. The van der Waals surface area contributed by atoms with Crippen molar-refractivity contribution in [3.63, 3.8) is 0 Å². The predicted octanol–water partition coefficient (Wildman–Crippen LogP) is 3.00. The number of carbonyl (C=O) groups is 2. The summed E-state index contributed by atoms with van der Waals surface area (Å²) in [5.74, 6) is -1.05. The van der Waals surface area contributed by atoms with Crippen LogP contribution in [0, 0.1) is 0 Å². The molecule has 128 valence electrons. The van der Waals surface area contributed by atoms with Crippen LogP contribution in [0.4, 0.5) is 0 Å². The molecule has 0 fully saturated rings. The van der Waals surface area contributed by atoms with E-state index in [0.29, 0.717) is 13.0 Å². The van der Waals surface area contributed by atoms with Crippen molar-refractivity contribution in [2.45, 2.75) is 51.4 Å². The first-order valence-electron chi connectivity index (χ1n) is 8.20. The molecular formula is C17H32NO4+. The minimum Gasteiger partial charge on any atom is -0.481 e. The minimum atomic E-state index is -0.696. The van der Waals surface area contributed by atoms with Crippen LogP contribution < -0.4 is 0 Å². The molecule has 0 rings (SSSR count). The van der Waals surface area contributed by atoms with Gasteiger partial charge in [0.15, 0.2) is 0 Å². The molecule has 0 bridgehead atoms. The van der Waals surface area contributed by atoms with E-state index in [1.54, 1.807) is 0 Å². The molecule has 0 aromatic carbocycles. The number of rotatable bonds is 14. The van der Waals surface area contributed by atoms with E-state index in [9.17, 15) is 9.59 Å². The van der Waals surface area contributed by atoms with E-state index in [4.69, 9.17) is 9.84 Å². The zero-order valence-corrected chi connectivity index (χ0v) is 14.2. The predicted molar refractivity (Wildman–Crippen MR) is 87.6 cm³/mol. The van der Waals surface area contributed by atoms with E-state index in [1.165, 1.54) is 25.3 Å². The Labute approximate surface area is 134 Å². The quantitative estimate of drug-likeness (QED) is 0.232. The largest absolute Gasteiger partial charge is 0.481 e. The molecule has 0 aliphatic rings. The standard InChI is InChI=1S/C17H31NO4/c1-4-17(21)22-15-11-14-18(2,3)13-10-8-6-5-7-9-12-16(19)20/h4H,1,5-15H2,2-3H3/p+1. The van der Waals surface area contributed by atoms with Gasteiger partial charge in [-0.2, -0.15) is 0 Å². The highest BCUT2D eigenvalue weighted by molar-refractivity contribution is 5.81. The summed E-state index contributed by atoms with van der Waals surface area (Å²) in [6.45, 7) is 5.92. The average molecular weight is 314 g/mol. The zero-order valence-electron chi connectivity index (χ0n) is 14.2. The maximum atomic E-state index is 10.9. The molecule has 0 heterocycles. The first kappa shape index (κ1) is 20.6. The maximum absolute atomic E-state index is 10.9. The van der Waals surface area contributed by atoms with Crippen molar-refractivity contribution in [2.75, 3.05) is 33.8 Å². The van der Waals surface area contributed by atoms with E-state index in [-0.39, 0.29) is 5.97 Å². The van der Waals surface area contributed by atoms with Crippen molar-refractivity contribution in [1.29, 1.82) is 0 Å². The molecular weight excluding hydrogens is 282 g/mol. The number of esters is 1. The Morgan fingerprint density at radius 2 is 1.55 bits per heavy atom. The maximum Gasteiger partial charge on any atom is 0.330 e. The van der Waals surface area contributed by atoms with Crippen molar-refractivity contribution < 1.29 is 23.9 Å². The molecule has 22 heavy (non-hydrogen) atoms. The smallest absolute Gasteiger partial charge is 0.330 e. The molecule has 0 aliphatic carbocycles. The number of unbranched alkanes of at least 4 members (excludes halogenated alkanes) is 5. The Morgan fingerprint density at radius 3 is 2.14 bits per heavy atom. The molecule has 0 saturated carbocycles. The van der Waals surface area contributed by atoms with Gasteiger partial charge >= 0.3 is 11.9 Å². The Hall–Kier alpha value is -1.36. The topological polar surface area (TPSA) is 63.6 Å². The van der Waals surface area contributed by atoms with E-state index in [1.807, 2.05) is 0 Å². The summed E-state index contributed by atoms with van der Waals surface area (Å²) in [6, 6.07) is 0. The van der Waals surface area contributed by atoms with Gasteiger partial charge in [-0.25, -0.2) is 4.79 Å². The van der Waals surface area contributed by atoms with Gasteiger partial charge in [-0.1, -0.05) is 25.8 Å². The highest BCUT2D eigenvalue weighted by Gasteiger charge is 2.14. The van der Waals surface area contributed by atoms with Crippen LogP contribution in [-0.4, -0.2) is 55.3 Å². The number of hydrogen-bond donors (Lipinski definition) is 1. The van der Waals surface area contributed by atoms with Crippen molar-refractivity contribution >= 4 is 11.9 Å². The highest BCUT2D eigenvalue weighted by atomic mass is 16.5. The molecule has 5 heteroatoms. The fourth-order valence-electron chi connectivity index (χ4n) is 2.36. The van der Waals surface area contributed by atoms with E-state index >= 15 is 0 Å². The fourth-order valence-corrected chi connectivity index (χ4v) is 2.36. The first-order chi connectivity index (χ1) is 10.4. The SMILES string of the molecule is C=CC(=O)OCCC[N+](C)(C)CCCCCCCCC(=O)O. The lowest BCUT2D eigenvalue weighted by atomic mass is 10.1. The summed E-state index contributed by atoms with van der Waals surface area (Å²) in [7, 11) is 4.39. The number of aliphatic carboxylic acids is 1. The van der Waals surface area contributed by atoms with Crippen LogP contribution in [0.15, 0.2) is 12.7 Å². The van der Waals surface area contributed by atoms with Crippen LogP contribution in [0.1, 0.15) is 51.4 Å². The van der Waals surface area contributed by atoms with Crippen LogP contribution >= 0.6 is 0 Å². The second-order valence-electron chi connectivity index (χ2n) is 6.37. The Balaban J connectivity index is 3.49. The molecule has 0 radical (unpaired) electrons. The Kier molecular flexibility index (Phi) is 11.5. The lowest BCUT2D eigenvalue weighted by Gasteiger charge is -2.29. The summed E-state index contributed by atoms with van der Waals surface area (Å²) in [5, 5.41) is 8.54. The number of carboxylic acids is 1. The zero-order chi connectivity index (χ0) is 16.8. The number of carbonyl (C=O) groups excluding carboxylic acids is 1. The van der Waals surface area contributed by atoms with Gasteiger partial charge < -0.3 is 14.3 Å². The van der Waals surface area contributed by atoms with Gasteiger partial charge in [0.25, 0.3) is 0 Å². The fraction of sp³-hybridized carbons (Fsp3) is 0.765. The average Bonchev–Trinajstić information content (AvgIpc) is 2.45. The summed E-state index contributed by atoms with van der Waals surface area (Å²) >= 11 is 0. The normalized spacial score (nSPS) is 11.2. The number of ether oxygens (including phenoxy) is 1. The van der Waals surface area contributed by atoms with Crippen LogP contribution in [0.3, 0.4) is 0 Å². The molecule has 0 atom stereocenters. The van der Waals surface area contributed by atoms with Gasteiger partial charge in [-0.3, -0.25) is 4.79 Å². The second kappa shape index (κ2) is 12.2. The molecule has 0 aromatic heterocycles. The van der Waals surface area contributed by atoms with Gasteiger partial charge in [-0.15, -0.1) is 0 Å². The Morgan fingerprint density at radius 1 is 1.00 bits per heavy atom. The van der Waals surface area contributed by atoms with Crippen LogP contribution in [-0.2, 0) is 14.3 Å². The van der Waals surface area contributed by atoms with Gasteiger partial charge in [-0.05, 0) is 19.3 Å². The van der Waals surface area contributed by atoms with Crippen molar-refractivity contribution in [3.05, 3.63) is 12.7 Å². The summed E-state index contributed by atoms with van der Waals surface area (Å²) < 4.78 is 5.91. The molecule has 5 nitrogen and oxygen atoms in total. The summed E-state index contributed by atoms with van der Waals surface area (Å²) in [5.41, 5.74) is 0. The lowest BCUT2D eigenvalue weighted by Crippen LogP contribution is -2.41. The monoisotopic (exact) mass is 314 g/mol. The third-order valence-electron chi connectivity index (χ3n) is 3.72. The molecule has 0 spiro atoms. The van der Waals surface area contributed by atoms with E-state index in [0.717, 1.165) is 43.3 Å². The van der Waals surface area contributed by atoms with Crippen LogP contribution in [0.25, 0.3) is 0 Å². The van der Waals surface area contributed by atoms with E-state index < -0.39 is 5.97 Å². The first-order valence-corrected chi connectivity index (χ1v) is 8.20. The minimum absolute atomic E-state index is 0.292. The van der Waals surface area contributed by atoms with Gasteiger partial charge in [0, 0.05) is 18.9 Å². The third-order valence-corrected chi connectivity index (χ3v) is 3.72. The summed E-state index contributed by atoms with van der Waals surface area (Å²) in [4.78, 5) is 21.3. The number of nitrogens with zero attached hydrogens (tertiary/aromatic N) is 1. The number of hydrogen-bond acceptors (Lipinski definition) is 3. The van der Waals surface area contributed by atoms with Crippen molar-refractivity contribution in [3.8, 4) is 0 Å². The lowest BCUT2D eigenvalue weighted by molar-refractivity contribution is -0.890. The Bertz CT molecular complexity index is 340. The van der Waals surface area contributed by atoms with Gasteiger partial charge in [0.05, 0.1) is 33.8 Å². The van der Waals surface area contributed by atoms with Crippen LogP contribution in [0.2, 0.25) is 0 Å². The van der Waals surface area contributed by atoms with Gasteiger partial charge in [0.2, 0.25) is 0 Å². The summed E-state index contributed by atoms with van der Waals surface area (Å²) in [6.07, 6.45) is 8.82. The van der Waals surface area contributed by atoms with Crippen LogP contribution in [0.5, 0.6) is 0 Å². The van der Waals surface area contributed by atoms with Crippen molar-refractivity contribution in [1.82, 2.24) is 0 Å². The molecule has 0 saturated heterocycles. The molecule has 0 unspecified atom stereocenters. The molecule has 0 aromatic rings.